The van der Waals surface area contributed by atoms with E-state index < -0.39 is 22.8 Å². The van der Waals surface area contributed by atoms with Crippen LogP contribution in [0.2, 0.25) is 0 Å². The number of carbonyl (C=O) groups is 1. The molecule has 1 aromatic heterocycles. The molecular weight excluding hydrogens is 396 g/mol. The maximum absolute atomic E-state index is 13.8. The van der Waals surface area contributed by atoms with Gasteiger partial charge in [-0.25, -0.2) is 8.78 Å². The Morgan fingerprint density at radius 2 is 1.83 bits per heavy atom. The predicted molar refractivity (Wildman–Crippen MR) is 104 cm³/mol. The summed E-state index contributed by atoms with van der Waals surface area (Å²) < 4.78 is 33.1. The molecule has 4 bridgehead atoms. The molecule has 0 spiro atoms. The Bertz CT molecular complexity index is 912. The van der Waals surface area contributed by atoms with Crippen molar-refractivity contribution in [3.63, 3.8) is 0 Å². The van der Waals surface area contributed by atoms with Crippen LogP contribution < -0.4 is 5.32 Å². The minimum absolute atomic E-state index is 0.0107. The van der Waals surface area contributed by atoms with Gasteiger partial charge in [0.2, 0.25) is 11.8 Å². The van der Waals surface area contributed by atoms with Gasteiger partial charge in [0.05, 0.1) is 10.9 Å². The first kappa shape index (κ1) is 19.0. The molecule has 4 fully saturated rings. The van der Waals surface area contributed by atoms with E-state index in [1.807, 2.05) is 0 Å². The van der Waals surface area contributed by atoms with Gasteiger partial charge in [-0.15, -0.1) is 10.2 Å². The molecule has 0 unspecified atom stereocenters. The van der Waals surface area contributed by atoms with Crippen molar-refractivity contribution in [2.45, 2.75) is 61.3 Å². The average Bonchev–Trinajstić information content (AvgIpc) is 3.13. The van der Waals surface area contributed by atoms with E-state index in [9.17, 15) is 13.6 Å². The van der Waals surface area contributed by atoms with Crippen molar-refractivity contribution in [2.75, 3.05) is 5.32 Å². The van der Waals surface area contributed by atoms with Crippen molar-refractivity contribution in [3.8, 4) is 0 Å². The Morgan fingerprint density at radius 3 is 2.48 bits per heavy atom. The van der Waals surface area contributed by atoms with Crippen LogP contribution in [0, 0.1) is 29.4 Å². The molecule has 1 N–H and O–H groups in total. The number of thioether (sulfide) groups is 1. The molecule has 5 nitrogen and oxygen atoms in total. The number of hydrogen-bond acceptors (Lipinski definition) is 5. The van der Waals surface area contributed by atoms with Crippen LogP contribution in [-0.2, 0) is 10.2 Å². The summed E-state index contributed by atoms with van der Waals surface area (Å²) >= 11 is 1.14. The average molecular weight is 419 g/mol. The number of carbonyl (C=O) groups excluding carboxylic acids is 1. The van der Waals surface area contributed by atoms with Crippen LogP contribution in [0.1, 0.15) is 51.3 Å². The monoisotopic (exact) mass is 419 g/mol. The second-order valence-electron chi connectivity index (χ2n) is 8.94. The lowest BCUT2D eigenvalue weighted by atomic mass is 9.49. The third-order valence-corrected chi connectivity index (χ3v) is 7.67. The number of aromatic nitrogens is 2. The standard InChI is InChI=1S/C21H23F2N3O2S/c1-11(18(27)24-17-7-15(22)2-3-16(17)23)29-20-26-25-19(28-20)21-8-12-4-13(9-21)6-14(5-12)10-21/h2-3,7,11-14H,4-6,8-10H2,1H3,(H,24,27)/t11-,12?,13?,14?,21?/m1/s1. The minimum atomic E-state index is -0.682. The number of benzene rings is 1. The summed E-state index contributed by atoms with van der Waals surface area (Å²) in [5, 5.41) is 10.7. The van der Waals surface area contributed by atoms with Crippen molar-refractivity contribution < 1.29 is 18.0 Å². The van der Waals surface area contributed by atoms with Crippen molar-refractivity contribution in [3.05, 3.63) is 35.7 Å². The molecule has 0 saturated heterocycles. The fourth-order valence-corrected chi connectivity index (χ4v) is 6.56. The van der Waals surface area contributed by atoms with E-state index in [2.05, 4.69) is 15.5 Å². The van der Waals surface area contributed by atoms with Crippen molar-refractivity contribution >= 4 is 23.4 Å². The summed E-state index contributed by atoms with van der Waals surface area (Å²) in [4.78, 5) is 12.4. The summed E-state index contributed by atoms with van der Waals surface area (Å²) in [6, 6.07) is 2.95. The van der Waals surface area contributed by atoms with Crippen LogP contribution in [0.5, 0.6) is 0 Å². The van der Waals surface area contributed by atoms with E-state index in [4.69, 9.17) is 4.42 Å². The predicted octanol–water partition coefficient (Wildman–Crippen LogP) is 4.93. The molecule has 4 aliphatic carbocycles. The SMILES string of the molecule is C[C@@H](Sc1nnc(C23CC4CC(CC(C4)C2)C3)o1)C(=O)Nc1cc(F)ccc1F. The third kappa shape index (κ3) is 3.56. The highest BCUT2D eigenvalue weighted by Crippen LogP contribution is 2.60. The first-order valence-corrected chi connectivity index (χ1v) is 11.0. The van der Waals surface area contributed by atoms with Crippen molar-refractivity contribution in [2.24, 2.45) is 17.8 Å². The van der Waals surface area contributed by atoms with E-state index in [0.717, 1.165) is 67.0 Å². The molecule has 29 heavy (non-hydrogen) atoms. The Hall–Kier alpha value is -1.96. The quantitative estimate of drug-likeness (QED) is 0.696. The summed E-state index contributed by atoms with van der Waals surface area (Å²) in [6.07, 6.45) is 7.38. The molecular formula is C21H23F2N3O2S. The van der Waals surface area contributed by atoms with Gasteiger partial charge >= 0.3 is 0 Å². The van der Waals surface area contributed by atoms with Crippen LogP contribution in [0.3, 0.4) is 0 Å². The van der Waals surface area contributed by atoms with Gasteiger partial charge in [-0.2, -0.15) is 0 Å². The Balaban J connectivity index is 1.26. The second kappa shape index (κ2) is 7.07. The van der Waals surface area contributed by atoms with Crippen LogP contribution in [0.4, 0.5) is 14.5 Å². The lowest BCUT2D eigenvalue weighted by Gasteiger charge is -2.55. The maximum atomic E-state index is 13.8. The lowest BCUT2D eigenvalue weighted by molar-refractivity contribution is -0.115. The lowest BCUT2D eigenvalue weighted by Crippen LogP contribution is -2.48. The second-order valence-corrected chi connectivity index (χ2v) is 10.2. The zero-order valence-electron chi connectivity index (χ0n) is 16.2. The molecule has 4 saturated carbocycles. The number of halogens is 2. The molecule has 1 heterocycles. The summed E-state index contributed by atoms with van der Waals surface area (Å²) in [5.74, 6) is 1.29. The van der Waals surface area contributed by atoms with Crippen LogP contribution in [0.15, 0.2) is 27.8 Å². The van der Waals surface area contributed by atoms with Gasteiger partial charge in [-0.05, 0) is 75.3 Å². The number of nitrogens with one attached hydrogen (secondary N) is 1. The normalized spacial score (nSPS) is 31.1. The molecule has 1 aromatic carbocycles. The highest BCUT2D eigenvalue weighted by Gasteiger charge is 2.54. The summed E-state index contributed by atoms with van der Waals surface area (Å²) in [6.45, 7) is 1.67. The van der Waals surface area contributed by atoms with Crippen LogP contribution >= 0.6 is 11.8 Å². The largest absolute Gasteiger partial charge is 0.415 e. The molecule has 6 rings (SSSR count). The van der Waals surface area contributed by atoms with Crippen molar-refractivity contribution in [1.82, 2.24) is 10.2 Å². The van der Waals surface area contributed by atoms with Crippen LogP contribution in [0.25, 0.3) is 0 Å². The highest BCUT2D eigenvalue weighted by atomic mass is 32.2. The molecule has 0 aliphatic heterocycles. The smallest absolute Gasteiger partial charge is 0.277 e. The molecule has 2 aromatic rings. The van der Waals surface area contributed by atoms with Gasteiger partial charge < -0.3 is 9.73 Å². The fourth-order valence-electron chi connectivity index (χ4n) is 5.88. The number of anilines is 1. The van der Waals surface area contributed by atoms with E-state index in [1.165, 1.54) is 19.3 Å². The fraction of sp³-hybridized carbons (Fsp3) is 0.571. The number of nitrogens with zero attached hydrogens (tertiary/aromatic N) is 2. The van der Waals surface area contributed by atoms with Gasteiger partial charge in [-0.1, -0.05) is 11.8 Å². The van der Waals surface area contributed by atoms with Gasteiger partial charge in [-0.3, -0.25) is 4.79 Å². The Kier molecular flexibility index (Phi) is 4.64. The Labute approximate surface area is 172 Å². The van der Waals surface area contributed by atoms with Gasteiger partial charge in [0.1, 0.15) is 11.6 Å². The zero-order valence-corrected chi connectivity index (χ0v) is 17.0. The van der Waals surface area contributed by atoms with Gasteiger partial charge in [0.15, 0.2) is 0 Å². The van der Waals surface area contributed by atoms with E-state index in [0.29, 0.717) is 11.1 Å². The molecule has 154 valence electrons. The Morgan fingerprint density at radius 1 is 1.17 bits per heavy atom. The van der Waals surface area contributed by atoms with Crippen LogP contribution in [-0.4, -0.2) is 21.4 Å². The van der Waals surface area contributed by atoms with E-state index >= 15 is 0 Å². The molecule has 1 atom stereocenters. The zero-order chi connectivity index (χ0) is 20.2. The topological polar surface area (TPSA) is 68.0 Å². The molecule has 8 heteroatoms. The first-order valence-electron chi connectivity index (χ1n) is 10.2. The van der Waals surface area contributed by atoms with Gasteiger partial charge in [0.25, 0.3) is 5.22 Å². The van der Waals surface area contributed by atoms with E-state index in [-0.39, 0.29) is 11.1 Å². The van der Waals surface area contributed by atoms with Crippen molar-refractivity contribution in [1.29, 1.82) is 0 Å². The summed E-state index contributed by atoms with van der Waals surface area (Å²) in [7, 11) is 0. The first-order chi connectivity index (χ1) is 13.9. The molecule has 1 amide bonds. The number of rotatable bonds is 5. The number of hydrogen-bond donors (Lipinski definition) is 1. The molecule has 0 radical (unpaired) electrons. The third-order valence-electron chi connectivity index (χ3n) is 6.73. The maximum Gasteiger partial charge on any atom is 0.277 e. The van der Waals surface area contributed by atoms with E-state index in [1.54, 1.807) is 6.92 Å². The van der Waals surface area contributed by atoms with Gasteiger partial charge in [0, 0.05) is 11.5 Å². The number of amides is 1. The minimum Gasteiger partial charge on any atom is -0.415 e. The summed E-state index contributed by atoms with van der Waals surface area (Å²) in [5.41, 5.74) is -0.168. The highest BCUT2D eigenvalue weighted by molar-refractivity contribution is 8.00. The molecule has 4 aliphatic rings.